The van der Waals surface area contributed by atoms with Crippen LogP contribution in [-0.2, 0) is 21.3 Å². The number of aromatic nitrogens is 1. The monoisotopic (exact) mass is 530 g/mol. The van der Waals surface area contributed by atoms with Crippen LogP contribution in [0.2, 0.25) is 0 Å². The van der Waals surface area contributed by atoms with E-state index < -0.39 is 15.9 Å². The number of piperidine rings is 1. The summed E-state index contributed by atoms with van der Waals surface area (Å²) in [4.78, 5) is 16.9. The Morgan fingerprint density at radius 2 is 2.03 bits per heavy atom. The van der Waals surface area contributed by atoms with Crippen LogP contribution in [0.4, 0.5) is 0 Å². The minimum Gasteiger partial charge on any atom is -0.377 e. The SMILES string of the molecule is CCS(=O)(=O)N1CCC(c2c[nH]c3c(C(N)=O)cc(-c4csc(CNC[C@@H]5CCCO5)c4)cc23)CC1. The number of rotatable bonds is 9. The highest BCUT2D eigenvalue weighted by molar-refractivity contribution is 7.89. The highest BCUT2D eigenvalue weighted by Gasteiger charge is 2.29. The lowest BCUT2D eigenvalue weighted by Crippen LogP contribution is -2.38. The van der Waals surface area contributed by atoms with E-state index in [4.69, 9.17) is 10.5 Å². The Morgan fingerprint density at radius 1 is 1.22 bits per heavy atom. The standard InChI is InChI=1S/C26H34N4O4S2/c1-2-36(32,33)30-7-5-17(6-8-30)24-15-29-25-22(24)11-18(12-23(25)26(27)31)19-10-21(35-16-19)14-28-13-20-4-3-9-34-20/h10-12,15-17,20,28-29H,2-9,13-14H2,1H3,(H2,27,31)/t20-/m0/s1. The molecule has 2 aromatic heterocycles. The fourth-order valence-corrected chi connectivity index (χ4v) is 7.36. The Labute approximate surface area is 216 Å². The Morgan fingerprint density at radius 3 is 2.72 bits per heavy atom. The fourth-order valence-electron chi connectivity index (χ4n) is 5.37. The molecule has 2 saturated heterocycles. The van der Waals surface area contributed by atoms with Crippen molar-refractivity contribution in [2.75, 3.05) is 32.0 Å². The summed E-state index contributed by atoms with van der Waals surface area (Å²) in [5, 5.41) is 6.60. The number of nitrogens with one attached hydrogen (secondary N) is 2. The van der Waals surface area contributed by atoms with E-state index in [9.17, 15) is 13.2 Å². The summed E-state index contributed by atoms with van der Waals surface area (Å²) in [7, 11) is -3.17. The smallest absolute Gasteiger partial charge is 0.250 e. The summed E-state index contributed by atoms with van der Waals surface area (Å²) in [6.45, 7) is 5.22. The van der Waals surface area contributed by atoms with E-state index in [1.54, 1.807) is 22.6 Å². The fraction of sp³-hybridized carbons (Fsp3) is 0.500. The number of aromatic amines is 1. The van der Waals surface area contributed by atoms with E-state index in [-0.39, 0.29) is 11.7 Å². The molecule has 2 fully saturated rings. The highest BCUT2D eigenvalue weighted by atomic mass is 32.2. The van der Waals surface area contributed by atoms with Crippen LogP contribution in [0.25, 0.3) is 22.0 Å². The molecule has 2 aliphatic rings. The number of thiophene rings is 1. The molecular weight excluding hydrogens is 496 g/mol. The number of nitrogens with zero attached hydrogens (tertiary/aromatic N) is 1. The van der Waals surface area contributed by atoms with Crippen molar-refractivity contribution < 1.29 is 17.9 Å². The predicted octanol–water partition coefficient (Wildman–Crippen LogP) is 3.79. The number of H-pyrrole nitrogens is 1. The van der Waals surface area contributed by atoms with Gasteiger partial charge < -0.3 is 20.8 Å². The van der Waals surface area contributed by atoms with Crippen LogP contribution in [0, 0.1) is 0 Å². The zero-order valence-corrected chi connectivity index (χ0v) is 22.2. The number of carbonyl (C=O) groups excluding carboxylic acids is 1. The van der Waals surface area contributed by atoms with Crippen LogP contribution in [0.1, 0.15) is 59.3 Å². The van der Waals surface area contributed by atoms with E-state index >= 15 is 0 Å². The molecule has 4 N–H and O–H groups in total. The molecule has 0 bridgehead atoms. The molecule has 0 radical (unpaired) electrons. The Hall–Kier alpha value is -2.24. The van der Waals surface area contributed by atoms with E-state index in [2.05, 4.69) is 27.8 Å². The number of nitrogens with two attached hydrogens (primary N) is 1. The highest BCUT2D eigenvalue weighted by Crippen LogP contribution is 2.38. The van der Waals surface area contributed by atoms with Crippen molar-refractivity contribution in [2.45, 2.75) is 51.2 Å². The average molecular weight is 531 g/mol. The summed E-state index contributed by atoms with van der Waals surface area (Å²) in [5.41, 5.74) is 10.1. The van der Waals surface area contributed by atoms with Crippen LogP contribution < -0.4 is 11.1 Å². The lowest BCUT2D eigenvalue weighted by Gasteiger charge is -2.31. The van der Waals surface area contributed by atoms with Crippen LogP contribution in [0.15, 0.2) is 29.8 Å². The number of benzene rings is 1. The van der Waals surface area contributed by atoms with E-state index in [1.807, 2.05) is 12.3 Å². The van der Waals surface area contributed by atoms with E-state index in [1.165, 1.54) is 4.88 Å². The molecular formula is C26H34N4O4S2. The Balaban J connectivity index is 1.37. The predicted molar refractivity (Wildman–Crippen MR) is 144 cm³/mol. The second-order valence-electron chi connectivity index (χ2n) is 9.70. The molecule has 5 rings (SSSR count). The Kier molecular flexibility index (Phi) is 7.50. The molecule has 1 atom stereocenters. The minimum atomic E-state index is -3.17. The first-order valence-electron chi connectivity index (χ1n) is 12.7. The molecule has 36 heavy (non-hydrogen) atoms. The van der Waals surface area contributed by atoms with Gasteiger partial charge in [-0.05, 0) is 78.8 Å². The van der Waals surface area contributed by atoms with Crippen molar-refractivity contribution in [3.63, 3.8) is 0 Å². The maximum Gasteiger partial charge on any atom is 0.250 e. The van der Waals surface area contributed by atoms with Crippen LogP contribution >= 0.6 is 11.3 Å². The maximum absolute atomic E-state index is 12.4. The first-order chi connectivity index (χ1) is 17.4. The first kappa shape index (κ1) is 25.4. The van der Waals surface area contributed by atoms with Crippen molar-refractivity contribution >= 4 is 38.2 Å². The summed E-state index contributed by atoms with van der Waals surface area (Å²) < 4.78 is 31.8. The minimum absolute atomic E-state index is 0.128. The number of fused-ring (bicyclic) bond motifs is 1. The molecule has 4 heterocycles. The van der Waals surface area contributed by atoms with Crippen molar-refractivity contribution in [2.24, 2.45) is 5.73 Å². The molecule has 0 unspecified atom stereocenters. The lowest BCUT2D eigenvalue weighted by molar-refractivity contribution is 0.100. The van der Waals surface area contributed by atoms with Crippen molar-refractivity contribution in [1.29, 1.82) is 0 Å². The molecule has 8 nitrogen and oxygen atoms in total. The van der Waals surface area contributed by atoms with Crippen molar-refractivity contribution in [3.8, 4) is 11.1 Å². The zero-order valence-electron chi connectivity index (χ0n) is 20.6. The number of sulfonamides is 1. The molecule has 0 aliphatic carbocycles. The van der Waals surface area contributed by atoms with Gasteiger partial charge in [-0.2, -0.15) is 0 Å². The van der Waals surface area contributed by atoms with E-state index in [0.717, 1.165) is 73.0 Å². The average Bonchev–Trinajstić information content (AvgIpc) is 3.64. The summed E-state index contributed by atoms with van der Waals surface area (Å²) in [5.74, 6) is -0.117. The van der Waals surface area contributed by atoms with Crippen LogP contribution in [0.5, 0.6) is 0 Å². The van der Waals surface area contributed by atoms with Gasteiger partial charge in [-0.3, -0.25) is 4.79 Å². The number of amides is 1. The molecule has 0 saturated carbocycles. The molecule has 0 spiro atoms. The topological polar surface area (TPSA) is 118 Å². The quantitative estimate of drug-likeness (QED) is 0.389. The van der Waals surface area contributed by atoms with Gasteiger partial charge in [0.2, 0.25) is 10.0 Å². The largest absolute Gasteiger partial charge is 0.377 e. The van der Waals surface area contributed by atoms with Crippen molar-refractivity contribution in [3.05, 3.63) is 45.8 Å². The maximum atomic E-state index is 12.4. The van der Waals surface area contributed by atoms with Gasteiger partial charge in [0.05, 0.1) is 22.9 Å². The summed E-state index contributed by atoms with van der Waals surface area (Å²) in [6, 6.07) is 6.17. The van der Waals surface area contributed by atoms with Crippen LogP contribution in [0.3, 0.4) is 0 Å². The number of carbonyl (C=O) groups is 1. The third kappa shape index (κ3) is 5.24. The summed E-state index contributed by atoms with van der Waals surface area (Å²) >= 11 is 1.70. The number of hydrogen-bond acceptors (Lipinski definition) is 6. The van der Waals surface area contributed by atoms with Gasteiger partial charge in [-0.15, -0.1) is 11.3 Å². The first-order valence-corrected chi connectivity index (χ1v) is 15.2. The van der Waals surface area contributed by atoms with Gasteiger partial charge in [0.25, 0.3) is 5.91 Å². The molecule has 194 valence electrons. The zero-order chi connectivity index (χ0) is 25.3. The second-order valence-corrected chi connectivity index (χ2v) is 12.9. The third-order valence-corrected chi connectivity index (χ3v) is 10.2. The third-order valence-electron chi connectivity index (χ3n) is 7.42. The van der Waals surface area contributed by atoms with Crippen molar-refractivity contribution in [1.82, 2.24) is 14.6 Å². The van der Waals surface area contributed by atoms with E-state index in [0.29, 0.717) is 24.8 Å². The van der Waals surface area contributed by atoms with Gasteiger partial charge in [-0.25, -0.2) is 12.7 Å². The number of primary amides is 1. The normalized spacial score (nSPS) is 19.9. The number of hydrogen-bond donors (Lipinski definition) is 3. The second kappa shape index (κ2) is 10.6. The molecule has 3 aromatic rings. The molecule has 1 aromatic carbocycles. The van der Waals surface area contributed by atoms with Gasteiger partial charge in [-0.1, -0.05) is 0 Å². The van der Waals surface area contributed by atoms with Crippen LogP contribution in [-0.4, -0.2) is 61.7 Å². The number of ether oxygens (including phenoxy) is 1. The van der Waals surface area contributed by atoms with Gasteiger partial charge in [0.1, 0.15) is 0 Å². The molecule has 10 heteroatoms. The summed E-state index contributed by atoms with van der Waals surface area (Å²) in [6.07, 6.45) is 6.03. The van der Waals surface area contributed by atoms with Gasteiger partial charge >= 0.3 is 0 Å². The van der Waals surface area contributed by atoms with Gasteiger partial charge in [0, 0.05) is 49.2 Å². The molecule has 2 aliphatic heterocycles. The Bertz CT molecular complexity index is 1330. The lowest BCUT2D eigenvalue weighted by atomic mass is 9.88. The molecule has 1 amide bonds. The van der Waals surface area contributed by atoms with Gasteiger partial charge in [0.15, 0.2) is 0 Å².